The van der Waals surface area contributed by atoms with Crippen molar-refractivity contribution in [1.29, 1.82) is 5.41 Å². The molecule has 0 fully saturated rings. The molecule has 4 nitrogen and oxygen atoms in total. The van der Waals surface area contributed by atoms with Crippen LogP contribution in [0.2, 0.25) is 0 Å². The SMILES string of the molecule is CCCCCn1ncc2cc(C(=N)OCC)ccc21. The standard InChI is InChI=1S/C15H21N3O/c1-3-5-6-9-18-14-8-7-12(15(16)19-4-2)10-13(14)11-17-18/h7-8,10-11,16H,3-6,9H2,1-2H3. The van der Waals surface area contributed by atoms with Gasteiger partial charge in [0.1, 0.15) is 0 Å². The van der Waals surface area contributed by atoms with E-state index < -0.39 is 0 Å². The van der Waals surface area contributed by atoms with Gasteiger partial charge in [-0.3, -0.25) is 10.1 Å². The molecular weight excluding hydrogens is 238 g/mol. The molecule has 0 aliphatic heterocycles. The number of aryl methyl sites for hydroxylation is 1. The molecule has 0 saturated carbocycles. The number of aromatic nitrogens is 2. The molecule has 1 heterocycles. The maximum atomic E-state index is 7.80. The summed E-state index contributed by atoms with van der Waals surface area (Å²) in [4.78, 5) is 0. The minimum absolute atomic E-state index is 0.225. The fourth-order valence-electron chi connectivity index (χ4n) is 2.15. The van der Waals surface area contributed by atoms with E-state index in [1.54, 1.807) is 0 Å². The number of nitrogens with zero attached hydrogens (tertiary/aromatic N) is 2. The lowest BCUT2D eigenvalue weighted by molar-refractivity contribution is 0.325. The molecule has 1 N–H and O–H groups in total. The number of ether oxygens (including phenoxy) is 1. The third-order valence-corrected chi connectivity index (χ3v) is 3.17. The van der Waals surface area contributed by atoms with E-state index in [-0.39, 0.29) is 5.90 Å². The number of benzene rings is 1. The molecule has 2 aromatic rings. The van der Waals surface area contributed by atoms with E-state index in [0.717, 1.165) is 29.4 Å². The van der Waals surface area contributed by atoms with Gasteiger partial charge in [-0.1, -0.05) is 19.8 Å². The van der Waals surface area contributed by atoms with Gasteiger partial charge in [-0.15, -0.1) is 0 Å². The second-order valence-electron chi connectivity index (χ2n) is 4.61. The number of hydrogen-bond acceptors (Lipinski definition) is 3. The zero-order valence-electron chi connectivity index (χ0n) is 11.6. The Morgan fingerprint density at radius 1 is 1.32 bits per heavy atom. The van der Waals surface area contributed by atoms with Gasteiger partial charge in [-0.05, 0) is 31.5 Å². The van der Waals surface area contributed by atoms with Crippen molar-refractivity contribution in [1.82, 2.24) is 9.78 Å². The fraction of sp³-hybridized carbons (Fsp3) is 0.467. The quantitative estimate of drug-likeness (QED) is 0.489. The second kappa shape index (κ2) is 6.36. The summed E-state index contributed by atoms with van der Waals surface area (Å²) in [6.45, 7) is 5.57. The summed E-state index contributed by atoms with van der Waals surface area (Å²) < 4.78 is 7.26. The van der Waals surface area contributed by atoms with E-state index >= 15 is 0 Å². The van der Waals surface area contributed by atoms with Gasteiger partial charge in [0.15, 0.2) is 0 Å². The van der Waals surface area contributed by atoms with Crippen molar-refractivity contribution in [3.8, 4) is 0 Å². The van der Waals surface area contributed by atoms with Crippen LogP contribution in [0.1, 0.15) is 38.7 Å². The summed E-state index contributed by atoms with van der Waals surface area (Å²) in [6, 6.07) is 5.92. The normalized spacial score (nSPS) is 10.8. The van der Waals surface area contributed by atoms with Crippen LogP contribution in [0.25, 0.3) is 10.9 Å². The van der Waals surface area contributed by atoms with E-state index in [2.05, 4.69) is 12.0 Å². The summed E-state index contributed by atoms with van der Waals surface area (Å²) >= 11 is 0. The van der Waals surface area contributed by atoms with Crippen LogP contribution in [0, 0.1) is 5.41 Å². The molecule has 0 unspecified atom stereocenters. The average molecular weight is 259 g/mol. The second-order valence-corrected chi connectivity index (χ2v) is 4.61. The van der Waals surface area contributed by atoms with Crippen LogP contribution in [-0.4, -0.2) is 22.3 Å². The van der Waals surface area contributed by atoms with Gasteiger partial charge < -0.3 is 4.74 Å². The van der Waals surface area contributed by atoms with Crippen molar-refractivity contribution in [2.75, 3.05) is 6.61 Å². The van der Waals surface area contributed by atoms with Crippen molar-refractivity contribution in [3.63, 3.8) is 0 Å². The fourth-order valence-corrected chi connectivity index (χ4v) is 2.15. The molecule has 1 aromatic carbocycles. The predicted octanol–water partition coefficient (Wildman–Crippen LogP) is 3.59. The lowest BCUT2D eigenvalue weighted by atomic mass is 10.1. The van der Waals surface area contributed by atoms with Crippen LogP contribution in [0.5, 0.6) is 0 Å². The monoisotopic (exact) mass is 259 g/mol. The molecule has 0 bridgehead atoms. The van der Waals surface area contributed by atoms with Crippen LogP contribution in [-0.2, 0) is 11.3 Å². The summed E-state index contributed by atoms with van der Waals surface area (Å²) in [7, 11) is 0. The Morgan fingerprint density at radius 3 is 2.89 bits per heavy atom. The minimum atomic E-state index is 0.225. The summed E-state index contributed by atoms with van der Waals surface area (Å²) in [5.41, 5.74) is 1.94. The lowest BCUT2D eigenvalue weighted by Crippen LogP contribution is -2.04. The van der Waals surface area contributed by atoms with Gasteiger partial charge >= 0.3 is 0 Å². The lowest BCUT2D eigenvalue weighted by Gasteiger charge is -2.06. The van der Waals surface area contributed by atoms with Gasteiger partial charge in [-0.25, -0.2) is 0 Å². The zero-order valence-corrected chi connectivity index (χ0v) is 11.6. The number of unbranched alkanes of at least 4 members (excludes halogenated alkanes) is 2. The largest absolute Gasteiger partial charge is 0.478 e. The molecule has 0 saturated heterocycles. The van der Waals surface area contributed by atoms with E-state index in [1.165, 1.54) is 12.8 Å². The number of fused-ring (bicyclic) bond motifs is 1. The Bertz CT molecular complexity index is 560. The minimum Gasteiger partial charge on any atom is -0.478 e. The molecule has 0 atom stereocenters. The molecule has 0 amide bonds. The molecular formula is C15H21N3O. The van der Waals surface area contributed by atoms with Crippen molar-refractivity contribution in [2.45, 2.75) is 39.7 Å². The first kappa shape index (κ1) is 13.6. The topological polar surface area (TPSA) is 50.9 Å². The van der Waals surface area contributed by atoms with Crippen molar-refractivity contribution < 1.29 is 4.74 Å². The molecule has 1 aromatic heterocycles. The van der Waals surface area contributed by atoms with E-state index in [4.69, 9.17) is 10.1 Å². The first-order valence-electron chi connectivity index (χ1n) is 6.93. The Hall–Kier alpha value is -1.84. The van der Waals surface area contributed by atoms with Crippen LogP contribution < -0.4 is 0 Å². The maximum absolute atomic E-state index is 7.80. The Morgan fingerprint density at radius 2 is 2.16 bits per heavy atom. The number of hydrogen-bond donors (Lipinski definition) is 1. The highest BCUT2D eigenvalue weighted by Crippen LogP contribution is 2.17. The smallest absolute Gasteiger partial charge is 0.213 e. The third kappa shape index (κ3) is 3.13. The van der Waals surface area contributed by atoms with Gasteiger partial charge in [0.05, 0.1) is 18.3 Å². The molecule has 0 aliphatic carbocycles. The highest BCUT2D eigenvalue weighted by molar-refractivity contribution is 5.95. The maximum Gasteiger partial charge on any atom is 0.213 e. The highest BCUT2D eigenvalue weighted by atomic mass is 16.5. The van der Waals surface area contributed by atoms with Crippen LogP contribution >= 0.6 is 0 Å². The molecule has 4 heteroatoms. The Labute approximate surface area is 113 Å². The Kier molecular flexibility index (Phi) is 4.55. The van der Waals surface area contributed by atoms with Crippen LogP contribution in [0.15, 0.2) is 24.4 Å². The summed E-state index contributed by atoms with van der Waals surface area (Å²) in [5.74, 6) is 0.225. The summed E-state index contributed by atoms with van der Waals surface area (Å²) in [6.07, 6.45) is 5.47. The first-order valence-corrected chi connectivity index (χ1v) is 6.93. The van der Waals surface area contributed by atoms with Crippen molar-refractivity contribution >= 4 is 16.8 Å². The molecule has 0 radical (unpaired) electrons. The van der Waals surface area contributed by atoms with E-state index in [9.17, 15) is 0 Å². The average Bonchev–Trinajstić information content (AvgIpc) is 2.82. The molecule has 102 valence electrons. The van der Waals surface area contributed by atoms with Gasteiger partial charge in [-0.2, -0.15) is 5.10 Å². The molecule has 0 spiro atoms. The van der Waals surface area contributed by atoms with E-state index in [1.807, 2.05) is 36.0 Å². The third-order valence-electron chi connectivity index (χ3n) is 3.17. The summed E-state index contributed by atoms with van der Waals surface area (Å²) in [5, 5.41) is 13.3. The number of nitrogens with one attached hydrogen (secondary N) is 1. The van der Waals surface area contributed by atoms with Crippen LogP contribution in [0.4, 0.5) is 0 Å². The van der Waals surface area contributed by atoms with Crippen LogP contribution in [0.3, 0.4) is 0 Å². The Balaban J connectivity index is 2.19. The van der Waals surface area contributed by atoms with E-state index in [0.29, 0.717) is 6.61 Å². The van der Waals surface area contributed by atoms with Gasteiger partial charge in [0.2, 0.25) is 5.90 Å². The highest BCUT2D eigenvalue weighted by Gasteiger charge is 2.07. The zero-order chi connectivity index (χ0) is 13.7. The van der Waals surface area contributed by atoms with Gasteiger partial charge in [0, 0.05) is 17.5 Å². The van der Waals surface area contributed by atoms with Crippen molar-refractivity contribution in [2.24, 2.45) is 0 Å². The number of rotatable bonds is 6. The predicted molar refractivity (Wildman–Crippen MR) is 77.7 cm³/mol. The molecule has 2 rings (SSSR count). The van der Waals surface area contributed by atoms with Gasteiger partial charge in [0.25, 0.3) is 0 Å². The van der Waals surface area contributed by atoms with Crippen molar-refractivity contribution in [3.05, 3.63) is 30.0 Å². The molecule has 0 aliphatic rings. The first-order chi connectivity index (χ1) is 9.26. The molecule has 19 heavy (non-hydrogen) atoms.